The van der Waals surface area contributed by atoms with Crippen LogP contribution >= 0.6 is 0 Å². The van der Waals surface area contributed by atoms with Gasteiger partial charge in [-0.25, -0.2) is 9.37 Å². The van der Waals surface area contributed by atoms with Gasteiger partial charge in [0.25, 0.3) is 0 Å². The summed E-state index contributed by atoms with van der Waals surface area (Å²) < 4.78 is 13.8. The molecule has 0 amide bonds. The zero-order chi connectivity index (χ0) is 13.7. The molecule has 1 fully saturated rings. The van der Waals surface area contributed by atoms with E-state index in [1.54, 1.807) is 0 Å². The highest BCUT2D eigenvalue weighted by Gasteiger charge is 2.20. The van der Waals surface area contributed by atoms with Gasteiger partial charge in [0, 0.05) is 32.7 Å². The van der Waals surface area contributed by atoms with Crippen LogP contribution in [0.3, 0.4) is 0 Å². The molecule has 0 spiro atoms. The molecule has 6 heteroatoms. The summed E-state index contributed by atoms with van der Waals surface area (Å²) in [5, 5.41) is 3.02. The van der Waals surface area contributed by atoms with E-state index in [9.17, 15) is 4.39 Å². The molecule has 106 valence electrons. The number of anilines is 2. The highest BCUT2D eigenvalue weighted by molar-refractivity contribution is 5.44. The van der Waals surface area contributed by atoms with Crippen molar-refractivity contribution in [3.05, 3.63) is 12.0 Å². The first kappa shape index (κ1) is 14.0. The summed E-state index contributed by atoms with van der Waals surface area (Å²) in [6.45, 7) is 9.56. The smallest absolute Gasteiger partial charge is 0.224 e. The number of hydrogen-bond donors (Lipinski definition) is 1. The maximum Gasteiger partial charge on any atom is 0.224 e. The number of halogens is 1. The number of nitrogens with one attached hydrogen (secondary N) is 1. The van der Waals surface area contributed by atoms with Crippen LogP contribution in [0.2, 0.25) is 0 Å². The van der Waals surface area contributed by atoms with Crippen LogP contribution in [0.5, 0.6) is 0 Å². The first-order valence-electron chi connectivity index (χ1n) is 6.98. The molecule has 0 radical (unpaired) electrons. The van der Waals surface area contributed by atoms with Gasteiger partial charge in [-0.3, -0.25) is 4.90 Å². The van der Waals surface area contributed by atoms with Gasteiger partial charge in [0.05, 0.1) is 6.20 Å². The van der Waals surface area contributed by atoms with Crippen molar-refractivity contribution in [3.8, 4) is 0 Å². The van der Waals surface area contributed by atoms with E-state index in [1.165, 1.54) is 6.20 Å². The predicted octanol–water partition coefficient (Wildman–Crippen LogP) is 1.58. The van der Waals surface area contributed by atoms with Gasteiger partial charge < -0.3 is 10.2 Å². The molecule has 2 heterocycles. The van der Waals surface area contributed by atoms with Crippen molar-refractivity contribution in [1.82, 2.24) is 14.9 Å². The molecule has 1 N–H and O–H groups in total. The van der Waals surface area contributed by atoms with Crippen LogP contribution in [0.4, 0.5) is 16.2 Å². The molecule has 1 aromatic rings. The fourth-order valence-electron chi connectivity index (χ4n) is 2.32. The average molecular weight is 267 g/mol. The Morgan fingerprint density at radius 2 is 2.00 bits per heavy atom. The monoisotopic (exact) mass is 267 g/mol. The Hall–Kier alpha value is -1.43. The number of hydrogen-bond acceptors (Lipinski definition) is 5. The molecular weight excluding hydrogens is 245 g/mol. The molecule has 2 rings (SSSR count). The van der Waals surface area contributed by atoms with Gasteiger partial charge in [0.2, 0.25) is 5.95 Å². The summed E-state index contributed by atoms with van der Waals surface area (Å²) >= 11 is 0. The minimum absolute atomic E-state index is 0.342. The first-order chi connectivity index (χ1) is 9.24. The second-order valence-corrected chi connectivity index (χ2v) is 4.72. The zero-order valence-corrected chi connectivity index (χ0v) is 11.7. The van der Waals surface area contributed by atoms with E-state index in [2.05, 4.69) is 27.1 Å². The Bertz CT molecular complexity index is 404. The fourth-order valence-corrected chi connectivity index (χ4v) is 2.32. The molecule has 0 unspecified atom stereocenters. The maximum atomic E-state index is 13.8. The van der Waals surface area contributed by atoms with Crippen molar-refractivity contribution in [2.75, 3.05) is 49.5 Å². The van der Waals surface area contributed by atoms with Crippen molar-refractivity contribution < 1.29 is 4.39 Å². The summed E-state index contributed by atoms with van der Waals surface area (Å²) in [6, 6.07) is 0. The molecule has 1 aromatic heterocycles. The average Bonchev–Trinajstić information content (AvgIpc) is 2.43. The van der Waals surface area contributed by atoms with Crippen molar-refractivity contribution in [3.63, 3.8) is 0 Å². The summed E-state index contributed by atoms with van der Waals surface area (Å²) in [6.07, 6.45) is 2.41. The first-order valence-corrected chi connectivity index (χ1v) is 6.98. The standard InChI is InChI=1S/C13H22FN5/c1-3-5-18-6-8-19(9-7-18)12-11(14)10-16-13(17-12)15-4-2/h10H,3-9H2,1-2H3,(H,15,16,17). The van der Waals surface area contributed by atoms with E-state index in [4.69, 9.17) is 0 Å². The molecule has 0 bridgehead atoms. The van der Waals surface area contributed by atoms with E-state index in [1.807, 2.05) is 11.8 Å². The van der Waals surface area contributed by atoms with Crippen molar-refractivity contribution in [2.24, 2.45) is 0 Å². The number of aromatic nitrogens is 2. The van der Waals surface area contributed by atoms with Crippen LogP contribution in [0.1, 0.15) is 20.3 Å². The van der Waals surface area contributed by atoms with Crippen molar-refractivity contribution in [1.29, 1.82) is 0 Å². The van der Waals surface area contributed by atoms with E-state index in [0.29, 0.717) is 11.8 Å². The maximum absolute atomic E-state index is 13.8. The highest BCUT2D eigenvalue weighted by Crippen LogP contribution is 2.19. The Balaban J connectivity index is 2.03. The van der Waals surface area contributed by atoms with Gasteiger partial charge in [0.1, 0.15) is 0 Å². The second kappa shape index (κ2) is 6.65. The summed E-state index contributed by atoms with van der Waals surface area (Å²) in [5.41, 5.74) is 0. The predicted molar refractivity (Wildman–Crippen MR) is 75.1 cm³/mol. The topological polar surface area (TPSA) is 44.3 Å². The molecule has 5 nitrogen and oxygen atoms in total. The van der Waals surface area contributed by atoms with Gasteiger partial charge in [0.15, 0.2) is 11.6 Å². The van der Waals surface area contributed by atoms with Crippen LogP contribution in [0.15, 0.2) is 6.20 Å². The second-order valence-electron chi connectivity index (χ2n) is 4.72. The van der Waals surface area contributed by atoms with E-state index >= 15 is 0 Å². The summed E-state index contributed by atoms with van der Waals surface area (Å²) in [7, 11) is 0. The number of piperazine rings is 1. The third-order valence-corrected chi connectivity index (χ3v) is 3.27. The van der Waals surface area contributed by atoms with E-state index in [0.717, 1.165) is 45.7 Å². The van der Waals surface area contributed by atoms with Crippen molar-refractivity contribution in [2.45, 2.75) is 20.3 Å². The van der Waals surface area contributed by atoms with Crippen LogP contribution in [0.25, 0.3) is 0 Å². The Morgan fingerprint density at radius 1 is 1.26 bits per heavy atom. The molecule has 0 aliphatic carbocycles. The van der Waals surface area contributed by atoms with Crippen LogP contribution in [0, 0.1) is 5.82 Å². The number of nitrogens with zero attached hydrogens (tertiary/aromatic N) is 4. The minimum atomic E-state index is -0.342. The van der Waals surface area contributed by atoms with E-state index in [-0.39, 0.29) is 5.82 Å². The van der Waals surface area contributed by atoms with Gasteiger partial charge in [-0.05, 0) is 19.9 Å². The minimum Gasteiger partial charge on any atom is -0.354 e. The lowest BCUT2D eigenvalue weighted by Gasteiger charge is -2.35. The molecular formula is C13H22FN5. The Labute approximate surface area is 113 Å². The SMILES string of the molecule is CCCN1CCN(c2nc(NCC)ncc2F)CC1. The van der Waals surface area contributed by atoms with Crippen LogP contribution in [-0.2, 0) is 0 Å². The lowest BCUT2D eigenvalue weighted by atomic mass is 10.3. The normalized spacial score (nSPS) is 16.7. The molecule has 0 saturated carbocycles. The largest absolute Gasteiger partial charge is 0.354 e. The van der Waals surface area contributed by atoms with Crippen molar-refractivity contribution >= 4 is 11.8 Å². The van der Waals surface area contributed by atoms with Gasteiger partial charge >= 0.3 is 0 Å². The van der Waals surface area contributed by atoms with Gasteiger partial charge in [-0.2, -0.15) is 4.98 Å². The van der Waals surface area contributed by atoms with Gasteiger partial charge in [-0.1, -0.05) is 6.92 Å². The lowest BCUT2D eigenvalue weighted by Crippen LogP contribution is -2.47. The molecule has 0 aromatic carbocycles. The van der Waals surface area contributed by atoms with Gasteiger partial charge in [-0.15, -0.1) is 0 Å². The quantitative estimate of drug-likeness (QED) is 0.877. The summed E-state index contributed by atoms with van der Waals surface area (Å²) in [5.74, 6) is 0.572. The molecule has 1 aliphatic heterocycles. The molecule has 1 aliphatic rings. The lowest BCUT2D eigenvalue weighted by molar-refractivity contribution is 0.257. The fraction of sp³-hybridized carbons (Fsp3) is 0.692. The Kier molecular flexibility index (Phi) is 4.90. The molecule has 19 heavy (non-hydrogen) atoms. The van der Waals surface area contributed by atoms with Crippen LogP contribution in [-0.4, -0.2) is 54.1 Å². The van der Waals surface area contributed by atoms with E-state index < -0.39 is 0 Å². The third-order valence-electron chi connectivity index (χ3n) is 3.27. The Morgan fingerprint density at radius 3 is 2.63 bits per heavy atom. The van der Waals surface area contributed by atoms with Crippen LogP contribution < -0.4 is 10.2 Å². The molecule has 0 atom stereocenters. The molecule has 1 saturated heterocycles. The third kappa shape index (κ3) is 3.53. The zero-order valence-electron chi connectivity index (χ0n) is 11.7. The number of rotatable bonds is 5. The summed E-state index contributed by atoms with van der Waals surface area (Å²) in [4.78, 5) is 12.6. The highest BCUT2D eigenvalue weighted by atomic mass is 19.1.